The van der Waals surface area contributed by atoms with E-state index in [0.29, 0.717) is 11.5 Å². The first-order valence-electron chi connectivity index (χ1n) is 8.41. The van der Waals surface area contributed by atoms with Crippen LogP contribution in [0, 0.1) is 19.8 Å². The Morgan fingerprint density at radius 3 is 2.41 bits per heavy atom. The van der Waals surface area contributed by atoms with Gasteiger partial charge in [-0.15, -0.1) is 0 Å². The van der Waals surface area contributed by atoms with E-state index in [9.17, 15) is 19.2 Å². The number of ketones is 1. The molecule has 0 spiro atoms. The summed E-state index contributed by atoms with van der Waals surface area (Å²) in [5, 5.41) is 0. The van der Waals surface area contributed by atoms with E-state index in [2.05, 4.69) is 0 Å². The Morgan fingerprint density at radius 2 is 1.89 bits per heavy atom. The Bertz CT molecular complexity index is 1010. The van der Waals surface area contributed by atoms with Crippen molar-refractivity contribution < 1.29 is 18.7 Å². The quantitative estimate of drug-likeness (QED) is 0.588. The number of hydrogen-bond acceptors (Lipinski definition) is 7. The lowest BCUT2D eigenvalue weighted by atomic mass is 10.1. The molecule has 0 saturated carbocycles. The summed E-state index contributed by atoms with van der Waals surface area (Å²) in [6.45, 7) is 6.58. The molecule has 0 unspecified atom stereocenters. The Kier molecular flexibility index (Phi) is 5.72. The monoisotopic (exact) mass is 377 g/mol. The number of nitrogens with zero attached hydrogens (tertiary/aromatic N) is 2. The summed E-state index contributed by atoms with van der Waals surface area (Å²) in [5.41, 5.74) is 4.32. The molecule has 0 aliphatic rings. The number of hydrogen-bond donors (Lipinski definition) is 1. The van der Waals surface area contributed by atoms with Crippen LogP contribution in [-0.4, -0.2) is 27.5 Å². The molecule has 27 heavy (non-hydrogen) atoms. The number of rotatable bonds is 6. The van der Waals surface area contributed by atoms with Crippen LogP contribution in [0.4, 0.5) is 5.82 Å². The second-order valence-electron chi connectivity index (χ2n) is 6.74. The average Bonchev–Trinajstić information content (AvgIpc) is 2.93. The molecular weight excluding hydrogens is 354 g/mol. The first-order valence-corrected chi connectivity index (χ1v) is 8.41. The maximum Gasteiger partial charge on any atom is 0.342 e. The van der Waals surface area contributed by atoms with Crippen molar-refractivity contribution in [1.82, 2.24) is 9.13 Å². The highest BCUT2D eigenvalue weighted by Crippen LogP contribution is 2.15. The maximum atomic E-state index is 12.5. The number of furan rings is 1. The van der Waals surface area contributed by atoms with E-state index in [1.54, 1.807) is 13.8 Å². The highest BCUT2D eigenvalue weighted by Gasteiger charge is 2.24. The number of carbonyl (C=O) groups excluding carboxylic acids is 2. The van der Waals surface area contributed by atoms with Gasteiger partial charge in [-0.3, -0.25) is 18.7 Å². The van der Waals surface area contributed by atoms with Gasteiger partial charge in [0.15, 0.2) is 6.61 Å². The van der Waals surface area contributed by atoms with Crippen molar-refractivity contribution in [3.8, 4) is 0 Å². The summed E-state index contributed by atoms with van der Waals surface area (Å²) in [7, 11) is 1.27. The maximum absolute atomic E-state index is 12.5. The van der Waals surface area contributed by atoms with Crippen LogP contribution < -0.4 is 17.0 Å². The molecule has 2 rings (SSSR count). The van der Waals surface area contributed by atoms with Crippen molar-refractivity contribution in [1.29, 1.82) is 0 Å². The number of nitrogen functional groups attached to an aromatic ring is 1. The molecule has 0 fully saturated rings. The molecule has 9 heteroatoms. The Morgan fingerprint density at radius 1 is 1.26 bits per heavy atom. The summed E-state index contributed by atoms with van der Waals surface area (Å²) in [4.78, 5) is 49.2. The molecular formula is C18H23N3O6. The molecule has 0 aromatic carbocycles. The van der Waals surface area contributed by atoms with Crippen LogP contribution in [0.2, 0.25) is 0 Å². The molecule has 0 saturated heterocycles. The first kappa shape index (κ1) is 20.2. The van der Waals surface area contributed by atoms with Gasteiger partial charge in [0.1, 0.15) is 28.5 Å². The van der Waals surface area contributed by atoms with Crippen LogP contribution >= 0.6 is 0 Å². The van der Waals surface area contributed by atoms with E-state index in [1.807, 2.05) is 13.8 Å². The van der Waals surface area contributed by atoms with Gasteiger partial charge in [0.2, 0.25) is 5.78 Å². The van der Waals surface area contributed by atoms with E-state index in [1.165, 1.54) is 17.7 Å². The lowest BCUT2D eigenvalue weighted by Crippen LogP contribution is -2.43. The molecule has 0 aliphatic heterocycles. The van der Waals surface area contributed by atoms with Gasteiger partial charge < -0.3 is 14.9 Å². The smallest absolute Gasteiger partial charge is 0.342 e. The van der Waals surface area contributed by atoms with Crippen molar-refractivity contribution in [2.24, 2.45) is 13.0 Å². The first-order chi connectivity index (χ1) is 12.5. The van der Waals surface area contributed by atoms with Crippen LogP contribution in [0.3, 0.4) is 0 Å². The van der Waals surface area contributed by atoms with Gasteiger partial charge in [0.25, 0.3) is 5.56 Å². The third-order valence-corrected chi connectivity index (χ3v) is 4.01. The minimum atomic E-state index is -0.825. The van der Waals surface area contributed by atoms with E-state index in [-0.39, 0.29) is 29.4 Å². The molecule has 0 radical (unpaired) electrons. The fourth-order valence-corrected chi connectivity index (χ4v) is 2.70. The molecule has 0 bridgehead atoms. The molecule has 2 heterocycles. The van der Waals surface area contributed by atoms with Gasteiger partial charge in [-0.05, 0) is 25.8 Å². The Hall–Kier alpha value is -3.10. The predicted octanol–water partition coefficient (Wildman–Crippen LogP) is 1.03. The third kappa shape index (κ3) is 4.02. The largest absolute Gasteiger partial charge is 0.466 e. The van der Waals surface area contributed by atoms with Gasteiger partial charge in [-0.1, -0.05) is 13.8 Å². The van der Waals surface area contributed by atoms with Gasteiger partial charge in [0, 0.05) is 13.6 Å². The van der Waals surface area contributed by atoms with Crippen LogP contribution in [0.15, 0.2) is 20.1 Å². The predicted molar refractivity (Wildman–Crippen MR) is 98.0 cm³/mol. The minimum absolute atomic E-state index is 0.0654. The van der Waals surface area contributed by atoms with Crippen molar-refractivity contribution in [3.63, 3.8) is 0 Å². The van der Waals surface area contributed by atoms with Crippen molar-refractivity contribution in [3.05, 3.63) is 49.6 Å². The summed E-state index contributed by atoms with van der Waals surface area (Å²) < 4.78 is 12.2. The molecule has 2 aromatic rings. The number of ether oxygens (including phenoxy) is 1. The number of aromatic nitrogens is 2. The number of anilines is 1. The standard InChI is InChI=1S/C18H23N3O6/c1-9(2)7-21-15(19)14(16(23)20(5)18(21)25)13(22)8-26-17(24)12-6-10(3)27-11(12)4/h6,9H,7-8,19H2,1-5H3. The molecule has 2 aromatic heterocycles. The molecule has 9 nitrogen and oxygen atoms in total. The summed E-state index contributed by atoms with van der Waals surface area (Å²) >= 11 is 0. The van der Waals surface area contributed by atoms with E-state index in [0.717, 1.165) is 4.57 Å². The van der Waals surface area contributed by atoms with Crippen LogP contribution in [0.1, 0.15) is 46.1 Å². The third-order valence-electron chi connectivity index (χ3n) is 4.01. The zero-order valence-electron chi connectivity index (χ0n) is 16.0. The van der Waals surface area contributed by atoms with Crippen molar-refractivity contribution in [2.45, 2.75) is 34.2 Å². The minimum Gasteiger partial charge on any atom is -0.466 e. The van der Waals surface area contributed by atoms with E-state index >= 15 is 0 Å². The molecule has 0 aliphatic carbocycles. The SMILES string of the molecule is Cc1cc(C(=O)OCC(=O)c2c(N)n(CC(C)C)c(=O)n(C)c2=O)c(C)o1. The number of nitrogens with two attached hydrogens (primary N) is 1. The summed E-state index contributed by atoms with van der Waals surface area (Å²) in [5.74, 6) is -0.792. The summed E-state index contributed by atoms with van der Waals surface area (Å²) in [6, 6.07) is 1.50. The number of esters is 1. The van der Waals surface area contributed by atoms with Crippen molar-refractivity contribution in [2.75, 3.05) is 12.3 Å². The lowest BCUT2D eigenvalue weighted by molar-refractivity contribution is 0.0472. The fourth-order valence-electron chi connectivity index (χ4n) is 2.70. The van der Waals surface area contributed by atoms with Gasteiger partial charge >= 0.3 is 11.7 Å². The number of carbonyl (C=O) groups is 2. The van der Waals surface area contributed by atoms with Gasteiger partial charge in [0.05, 0.1) is 0 Å². The van der Waals surface area contributed by atoms with E-state index < -0.39 is 29.6 Å². The molecule has 0 amide bonds. The highest BCUT2D eigenvalue weighted by atomic mass is 16.5. The average molecular weight is 377 g/mol. The Labute approximate surface area is 155 Å². The Balaban J connectivity index is 2.32. The fraction of sp³-hybridized carbons (Fsp3) is 0.444. The summed E-state index contributed by atoms with van der Waals surface area (Å²) in [6.07, 6.45) is 0. The number of Topliss-reactive ketones (excluding diaryl/α,β-unsaturated/α-hetero) is 1. The van der Waals surface area contributed by atoms with Crippen LogP contribution in [0.5, 0.6) is 0 Å². The number of aryl methyl sites for hydroxylation is 2. The van der Waals surface area contributed by atoms with Crippen LogP contribution in [-0.2, 0) is 18.3 Å². The zero-order valence-corrected chi connectivity index (χ0v) is 16.0. The molecule has 2 N–H and O–H groups in total. The van der Waals surface area contributed by atoms with Gasteiger partial charge in [-0.2, -0.15) is 0 Å². The normalized spacial score (nSPS) is 11.0. The van der Waals surface area contributed by atoms with Crippen LogP contribution in [0.25, 0.3) is 0 Å². The second kappa shape index (κ2) is 7.65. The second-order valence-corrected chi connectivity index (χ2v) is 6.74. The lowest BCUT2D eigenvalue weighted by Gasteiger charge is -2.16. The topological polar surface area (TPSA) is 127 Å². The molecule has 146 valence electrons. The van der Waals surface area contributed by atoms with Gasteiger partial charge in [-0.25, -0.2) is 9.59 Å². The molecule has 0 atom stereocenters. The van der Waals surface area contributed by atoms with E-state index in [4.69, 9.17) is 14.9 Å². The zero-order chi connectivity index (χ0) is 20.5. The van der Waals surface area contributed by atoms with Crippen molar-refractivity contribution >= 4 is 17.6 Å². The highest BCUT2D eigenvalue weighted by molar-refractivity contribution is 6.02.